The average molecular weight is 556 g/mol. The number of nitrogens with zero attached hydrogens (tertiary/aromatic N) is 3. The van der Waals surface area contributed by atoms with Crippen LogP contribution in [0.4, 0.5) is 13.2 Å². The Bertz CT molecular complexity index is 1570. The summed E-state index contributed by atoms with van der Waals surface area (Å²) in [5.41, 5.74) is 1.80. The Morgan fingerprint density at radius 1 is 1.10 bits per heavy atom. The Morgan fingerprint density at radius 3 is 2.56 bits per heavy atom. The summed E-state index contributed by atoms with van der Waals surface area (Å²) in [4.78, 5) is 20.4. The molecule has 0 saturated carbocycles. The molecule has 0 saturated heterocycles. The Kier molecular flexibility index (Phi) is 7.34. The molecule has 0 N–H and O–H groups in total. The van der Waals surface area contributed by atoms with Gasteiger partial charge in [-0.3, -0.25) is 9.20 Å². The molecule has 0 aliphatic rings. The smallest absolute Gasteiger partial charge is 0.416 e. The Morgan fingerprint density at radius 2 is 1.90 bits per heavy atom. The maximum atomic E-state index is 13.3. The fourth-order valence-corrected chi connectivity index (χ4v) is 5.14. The van der Waals surface area contributed by atoms with E-state index in [1.165, 1.54) is 29.7 Å². The van der Waals surface area contributed by atoms with Crippen molar-refractivity contribution in [2.75, 3.05) is 20.8 Å². The number of alkyl halides is 3. The summed E-state index contributed by atoms with van der Waals surface area (Å²) in [5.74, 6) is 1.52. The van der Waals surface area contributed by atoms with Crippen molar-refractivity contribution in [1.29, 1.82) is 0 Å². The fourth-order valence-electron chi connectivity index (χ4n) is 4.23. The van der Waals surface area contributed by atoms with Gasteiger partial charge >= 0.3 is 6.18 Å². The Hall–Kier alpha value is -4.25. The second-order valence-corrected chi connectivity index (χ2v) is 9.54. The van der Waals surface area contributed by atoms with Gasteiger partial charge in [0.1, 0.15) is 17.3 Å². The molecule has 0 radical (unpaired) electrons. The molecule has 0 aliphatic carbocycles. The van der Waals surface area contributed by atoms with Crippen LogP contribution in [0.2, 0.25) is 0 Å². The van der Waals surface area contributed by atoms with Gasteiger partial charge in [0.2, 0.25) is 0 Å². The molecule has 202 valence electrons. The van der Waals surface area contributed by atoms with E-state index in [1.807, 2.05) is 34.2 Å². The van der Waals surface area contributed by atoms with Gasteiger partial charge < -0.3 is 18.8 Å². The van der Waals surface area contributed by atoms with E-state index in [4.69, 9.17) is 18.9 Å². The van der Waals surface area contributed by atoms with Gasteiger partial charge in [-0.2, -0.15) is 13.2 Å². The number of hydrogen-bond donors (Lipinski definition) is 0. The van der Waals surface area contributed by atoms with Crippen LogP contribution >= 0.6 is 11.3 Å². The molecule has 0 bridgehead atoms. The molecule has 3 heterocycles. The van der Waals surface area contributed by atoms with Crippen molar-refractivity contribution in [3.05, 3.63) is 95.0 Å². The molecular formula is C28H24F3N3O4S. The van der Waals surface area contributed by atoms with Crippen LogP contribution in [-0.4, -0.2) is 41.0 Å². The van der Waals surface area contributed by atoms with Crippen LogP contribution < -0.4 is 9.47 Å². The first-order valence-corrected chi connectivity index (χ1v) is 12.8. The minimum absolute atomic E-state index is 0.167. The second kappa shape index (κ2) is 10.9. The second-order valence-electron chi connectivity index (χ2n) is 8.70. The molecule has 5 rings (SSSR count). The molecule has 7 nitrogen and oxygen atoms in total. The number of carbonyl (C=O) groups is 1. The highest BCUT2D eigenvalue weighted by molar-refractivity contribution is 7.15. The lowest BCUT2D eigenvalue weighted by Gasteiger charge is -2.22. The Balaban J connectivity index is 1.39. The van der Waals surface area contributed by atoms with Crippen molar-refractivity contribution in [2.24, 2.45) is 0 Å². The van der Waals surface area contributed by atoms with Crippen molar-refractivity contribution in [3.8, 4) is 22.8 Å². The molecule has 0 aliphatic heterocycles. The van der Waals surface area contributed by atoms with E-state index < -0.39 is 11.7 Å². The topological polar surface area (TPSA) is 69.2 Å². The number of aromatic nitrogens is 2. The minimum Gasteiger partial charge on any atom is -0.497 e. The van der Waals surface area contributed by atoms with Crippen molar-refractivity contribution < 1.29 is 31.9 Å². The zero-order valence-electron chi connectivity index (χ0n) is 21.1. The third-order valence-corrected chi connectivity index (χ3v) is 7.17. The predicted octanol–water partition coefficient (Wildman–Crippen LogP) is 6.58. The monoisotopic (exact) mass is 555 g/mol. The number of hydrogen-bond acceptors (Lipinski definition) is 6. The quantitative estimate of drug-likeness (QED) is 0.206. The van der Waals surface area contributed by atoms with Crippen LogP contribution in [0.5, 0.6) is 11.5 Å². The fraction of sp³-hybridized carbons (Fsp3) is 0.214. The van der Waals surface area contributed by atoms with Crippen LogP contribution in [0.15, 0.2) is 76.9 Å². The lowest BCUT2D eigenvalue weighted by atomic mass is 10.1. The van der Waals surface area contributed by atoms with Crippen LogP contribution in [0.1, 0.15) is 27.4 Å². The number of halogens is 3. The summed E-state index contributed by atoms with van der Waals surface area (Å²) in [6.07, 6.45) is -0.568. The Labute approximate surface area is 226 Å². The van der Waals surface area contributed by atoms with Crippen LogP contribution in [0.3, 0.4) is 0 Å². The van der Waals surface area contributed by atoms with Gasteiger partial charge in [-0.25, -0.2) is 4.98 Å². The molecule has 0 atom stereocenters. The molecule has 11 heteroatoms. The summed E-state index contributed by atoms with van der Waals surface area (Å²) in [6, 6.07) is 13.2. The highest BCUT2D eigenvalue weighted by Gasteiger charge is 2.30. The summed E-state index contributed by atoms with van der Waals surface area (Å²) in [7, 11) is 3.19. The van der Waals surface area contributed by atoms with E-state index in [2.05, 4.69) is 0 Å². The summed E-state index contributed by atoms with van der Waals surface area (Å²) in [5, 5.41) is 1.97. The number of amides is 1. The lowest BCUT2D eigenvalue weighted by Crippen LogP contribution is -2.32. The third-order valence-electron chi connectivity index (χ3n) is 6.28. The summed E-state index contributed by atoms with van der Waals surface area (Å²) < 4.78 is 57.3. The SMILES string of the molecule is COc1ccc(OC)c(-c2cn3c(CCN(Cc4ccco4)C(=O)c4ccc(C(F)(F)F)cc4)csc3n2)c1. The largest absolute Gasteiger partial charge is 0.497 e. The zero-order chi connectivity index (χ0) is 27.6. The van der Waals surface area contributed by atoms with E-state index in [1.54, 1.807) is 31.3 Å². The lowest BCUT2D eigenvalue weighted by molar-refractivity contribution is -0.137. The number of rotatable bonds is 9. The van der Waals surface area contributed by atoms with Crippen molar-refractivity contribution in [2.45, 2.75) is 19.1 Å². The highest BCUT2D eigenvalue weighted by Crippen LogP contribution is 2.34. The molecule has 0 spiro atoms. The van der Waals surface area contributed by atoms with Gasteiger partial charge in [-0.1, -0.05) is 0 Å². The maximum absolute atomic E-state index is 13.3. The van der Waals surface area contributed by atoms with Gasteiger partial charge in [0.05, 0.1) is 38.3 Å². The minimum atomic E-state index is -4.47. The van der Waals surface area contributed by atoms with Gasteiger partial charge in [0, 0.05) is 41.4 Å². The van der Waals surface area contributed by atoms with Gasteiger partial charge in [0.25, 0.3) is 5.91 Å². The normalized spacial score (nSPS) is 11.6. The van der Waals surface area contributed by atoms with Crippen LogP contribution in [-0.2, 0) is 19.1 Å². The molecular weight excluding hydrogens is 531 g/mol. The van der Waals surface area contributed by atoms with Crippen molar-refractivity contribution >= 4 is 22.2 Å². The van der Waals surface area contributed by atoms with E-state index >= 15 is 0 Å². The first-order valence-electron chi connectivity index (χ1n) is 11.9. The number of imidazole rings is 1. The molecule has 3 aromatic heterocycles. The summed E-state index contributed by atoms with van der Waals surface area (Å²) >= 11 is 1.47. The first-order chi connectivity index (χ1) is 18.8. The highest BCUT2D eigenvalue weighted by atomic mass is 32.1. The van der Waals surface area contributed by atoms with Crippen molar-refractivity contribution in [1.82, 2.24) is 14.3 Å². The van der Waals surface area contributed by atoms with Gasteiger partial charge in [-0.05, 0) is 54.6 Å². The van der Waals surface area contributed by atoms with Gasteiger partial charge in [-0.15, -0.1) is 11.3 Å². The summed E-state index contributed by atoms with van der Waals surface area (Å²) in [6.45, 7) is 0.485. The number of thiazole rings is 1. The first kappa shape index (κ1) is 26.4. The number of methoxy groups -OCH3 is 2. The molecule has 1 amide bonds. The van der Waals surface area contributed by atoms with E-state index in [9.17, 15) is 18.0 Å². The van der Waals surface area contributed by atoms with Crippen molar-refractivity contribution in [3.63, 3.8) is 0 Å². The van der Waals surface area contributed by atoms with E-state index in [-0.39, 0.29) is 18.0 Å². The number of fused-ring (bicyclic) bond motifs is 1. The van der Waals surface area contributed by atoms with Crippen LogP contribution in [0, 0.1) is 0 Å². The van der Waals surface area contributed by atoms with Gasteiger partial charge in [0.15, 0.2) is 4.96 Å². The van der Waals surface area contributed by atoms with E-state index in [0.29, 0.717) is 35.9 Å². The number of benzene rings is 2. The predicted molar refractivity (Wildman–Crippen MR) is 140 cm³/mol. The standard InChI is InChI=1S/C28H24F3N3O4S/c1-36-21-9-10-25(37-2)23(14-21)24-16-34-20(17-39-27(34)32-24)11-12-33(15-22-4-3-13-38-22)26(35)18-5-7-19(8-6-18)28(29,30)31/h3-10,13-14,16-17H,11-12,15H2,1-2H3. The molecule has 5 aromatic rings. The third kappa shape index (κ3) is 5.63. The number of ether oxygens (including phenoxy) is 2. The molecule has 39 heavy (non-hydrogen) atoms. The molecule has 2 aromatic carbocycles. The van der Waals surface area contributed by atoms with Crippen LogP contribution in [0.25, 0.3) is 16.2 Å². The average Bonchev–Trinajstić information content (AvgIpc) is 3.68. The number of carbonyl (C=O) groups excluding carboxylic acids is 1. The molecule has 0 unspecified atom stereocenters. The molecule has 0 fully saturated rings. The number of furan rings is 1. The maximum Gasteiger partial charge on any atom is 0.416 e. The van der Waals surface area contributed by atoms with E-state index in [0.717, 1.165) is 28.4 Å². The zero-order valence-corrected chi connectivity index (χ0v) is 21.9.